The molecule has 1 N–H and O–H groups in total. The smallest absolute Gasteiger partial charge is 0.348 e. The van der Waals surface area contributed by atoms with E-state index in [0.29, 0.717) is 6.42 Å². The van der Waals surface area contributed by atoms with Gasteiger partial charge < -0.3 is 9.94 Å². The number of hydrogen-bond donors (Lipinski definition) is 1. The minimum absolute atomic E-state index is 0.135. The number of oxime groups is 1. The summed E-state index contributed by atoms with van der Waals surface area (Å²) in [6.45, 7) is 6.26. The van der Waals surface area contributed by atoms with E-state index in [-0.39, 0.29) is 5.41 Å². The number of carboxylic acid groups (broad SMARTS) is 1. The van der Waals surface area contributed by atoms with Gasteiger partial charge in [-0.2, -0.15) is 0 Å². The molecular formula is C9H15NO3. The molecule has 1 unspecified atom stereocenters. The van der Waals surface area contributed by atoms with E-state index >= 15 is 0 Å². The second kappa shape index (κ2) is 3.36. The Bertz CT molecular complexity index is 240. The van der Waals surface area contributed by atoms with Crippen LogP contribution in [0.5, 0.6) is 0 Å². The first-order valence-electron chi connectivity index (χ1n) is 4.33. The highest BCUT2D eigenvalue weighted by Gasteiger charge is 2.29. The van der Waals surface area contributed by atoms with Gasteiger partial charge in [0.1, 0.15) is 0 Å². The molecule has 1 heterocycles. The molecule has 0 bridgehead atoms. The van der Waals surface area contributed by atoms with Gasteiger partial charge in [0, 0.05) is 6.42 Å². The van der Waals surface area contributed by atoms with Crippen molar-refractivity contribution in [3.05, 3.63) is 0 Å². The van der Waals surface area contributed by atoms with Crippen molar-refractivity contribution >= 4 is 11.7 Å². The van der Waals surface area contributed by atoms with Crippen LogP contribution in [0.25, 0.3) is 0 Å². The highest BCUT2D eigenvalue weighted by molar-refractivity contribution is 5.90. The average Bonchev–Trinajstić information content (AvgIpc) is 2.31. The molecule has 4 heteroatoms. The van der Waals surface area contributed by atoms with Gasteiger partial charge in [0.25, 0.3) is 0 Å². The van der Waals surface area contributed by atoms with E-state index in [4.69, 9.17) is 9.94 Å². The molecule has 0 fully saturated rings. The van der Waals surface area contributed by atoms with Crippen molar-refractivity contribution in [1.82, 2.24) is 0 Å². The number of nitrogens with zero attached hydrogens (tertiary/aromatic N) is 1. The number of rotatable bonds is 2. The maximum Gasteiger partial charge on any atom is 0.348 e. The zero-order valence-electron chi connectivity index (χ0n) is 8.20. The second-order valence-electron chi connectivity index (χ2n) is 4.53. The van der Waals surface area contributed by atoms with Crippen molar-refractivity contribution in [2.45, 2.75) is 39.7 Å². The molecule has 4 nitrogen and oxygen atoms in total. The van der Waals surface area contributed by atoms with E-state index in [0.717, 1.165) is 12.1 Å². The zero-order chi connectivity index (χ0) is 10.1. The molecule has 74 valence electrons. The van der Waals surface area contributed by atoms with Crippen LogP contribution < -0.4 is 0 Å². The van der Waals surface area contributed by atoms with Gasteiger partial charge >= 0.3 is 5.97 Å². The van der Waals surface area contributed by atoms with Gasteiger partial charge in [-0.15, -0.1) is 0 Å². The fourth-order valence-electron chi connectivity index (χ4n) is 1.28. The Morgan fingerprint density at radius 1 is 1.69 bits per heavy atom. The summed E-state index contributed by atoms with van der Waals surface area (Å²) in [5.41, 5.74) is 0.982. The number of carboxylic acids is 1. The van der Waals surface area contributed by atoms with Crippen LogP contribution in [0, 0.1) is 5.41 Å². The van der Waals surface area contributed by atoms with Crippen LogP contribution in [0.3, 0.4) is 0 Å². The lowest BCUT2D eigenvalue weighted by molar-refractivity contribution is -0.148. The summed E-state index contributed by atoms with van der Waals surface area (Å²) in [5.74, 6) is -0.937. The van der Waals surface area contributed by atoms with Crippen molar-refractivity contribution in [2.75, 3.05) is 0 Å². The van der Waals surface area contributed by atoms with Gasteiger partial charge in [0.05, 0.1) is 5.71 Å². The van der Waals surface area contributed by atoms with Gasteiger partial charge in [-0.05, 0) is 11.8 Å². The topological polar surface area (TPSA) is 58.9 Å². The van der Waals surface area contributed by atoms with Crippen molar-refractivity contribution < 1.29 is 14.7 Å². The summed E-state index contributed by atoms with van der Waals surface area (Å²) in [7, 11) is 0. The van der Waals surface area contributed by atoms with Crippen LogP contribution in [-0.2, 0) is 9.63 Å². The SMILES string of the molecule is CC(C)(C)CC1=NOC(C(=O)O)C1. The van der Waals surface area contributed by atoms with Crippen LogP contribution in [0.2, 0.25) is 0 Å². The van der Waals surface area contributed by atoms with Crippen molar-refractivity contribution in [3.63, 3.8) is 0 Å². The fourth-order valence-corrected chi connectivity index (χ4v) is 1.28. The third-order valence-electron chi connectivity index (χ3n) is 1.74. The third-order valence-corrected chi connectivity index (χ3v) is 1.74. The lowest BCUT2D eigenvalue weighted by Crippen LogP contribution is -2.21. The van der Waals surface area contributed by atoms with Gasteiger partial charge in [0.15, 0.2) is 0 Å². The Morgan fingerprint density at radius 3 is 2.69 bits per heavy atom. The molecule has 0 spiro atoms. The standard InChI is InChI=1S/C9H15NO3/c1-9(2,3)5-6-4-7(8(11)12)13-10-6/h7H,4-5H2,1-3H3,(H,11,12). The molecule has 0 saturated heterocycles. The largest absolute Gasteiger partial charge is 0.478 e. The highest BCUT2D eigenvalue weighted by atomic mass is 16.7. The number of aliphatic carboxylic acids is 1. The zero-order valence-corrected chi connectivity index (χ0v) is 8.20. The van der Waals surface area contributed by atoms with Crippen LogP contribution in [0.1, 0.15) is 33.6 Å². The molecule has 13 heavy (non-hydrogen) atoms. The third kappa shape index (κ3) is 3.05. The van der Waals surface area contributed by atoms with Crippen LogP contribution in [-0.4, -0.2) is 22.9 Å². The van der Waals surface area contributed by atoms with Crippen molar-refractivity contribution in [2.24, 2.45) is 10.6 Å². The molecular weight excluding hydrogens is 170 g/mol. The Morgan fingerprint density at radius 2 is 2.31 bits per heavy atom. The molecule has 0 saturated carbocycles. The van der Waals surface area contributed by atoms with Crippen molar-refractivity contribution in [3.8, 4) is 0 Å². The van der Waals surface area contributed by atoms with E-state index in [1.54, 1.807) is 0 Å². The second-order valence-corrected chi connectivity index (χ2v) is 4.53. The molecule has 1 aliphatic rings. The predicted molar refractivity (Wildman–Crippen MR) is 48.6 cm³/mol. The highest BCUT2D eigenvalue weighted by Crippen LogP contribution is 2.24. The van der Waals surface area contributed by atoms with Gasteiger partial charge in [-0.25, -0.2) is 4.79 Å². The molecule has 0 aromatic carbocycles. The van der Waals surface area contributed by atoms with E-state index in [1.165, 1.54) is 0 Å². The molecule has 1 aliphatic heterocycles. The average molecular weight is 185 g/mol. The predicted octanol–water partition coefficient (Wildman–Crippen LogP) is 1.65. The summed E-state index contributed by atoms with van der Waals surface area (Å²) in [6, 6.07) is 0. The monoisotopic (exact) mass is 185 g/mol. The van der Waals surface area contributed by atoms with Crippen molar-refractivity contribution in [1.29, 1.82) is 0 Å². The summed E-state index contributed by atoms with van der Waals surface area (Å²) >= 11 is 0. The first-order valence-corrected chi connectivity index (χ1v) is 4.33. The number of carbonyl (C=O) groups is 1. The summed E-state index contributed by atoms with van der Waals surface area (Å²) in [4.78, 5) is 15.3. The Kier molecular flexibility index (Phi) is 2.59. The fraction of sp³-hybridized carbons (Fsp3) is 0.778. The molecule has 0 amide bonds. The molecule has 1 rings (SSSR count). The Hall–Kier alpha value is -1.06. The first kappa shape index (κ1) is 10.0. The first-order chi connectivity index (χ1) is 5.88. The summed E-state index contributed by atoms with van der Waals surface area (Å²) in [5, 5.41) is 12.4. The Labute approximate surface area is 77.6 Å². The molecule has 0 radical (unpaired) electrons. The Balaban J connectivity index is 2.45. The summed E-state index contributed by atoms with van der Waals surface area (Å²) in [6.07, 6.45) is 0.445. The van der Waals surface area contributed by atoms with Crippen LogP contribution >= 0.6 is 0 Å². The van der Waals surface area contributed by atoms with E-state index in [9.17, 15) is 4.79 Å². The van der Waals surface area contributed by atoms with Crippen LogP contribution in [0.4, 0.5) is 0 Å². The van der Waals surface area contributed by atoms with Gasteiger partial charge in [0.2, 0.25) is 6.10 Å². The maximum atomic E-state index is 10.5. The summed E-state index contributed by atoms with van der Waals surface area (Å²) < 4.78 is 0. The van der Waals surface area contributed by atoms with Gasteiger partial charge in [-0.3, -0.25) is 0 Å². The minimum Gasteiger partial charge on any atom is -0.478 e. The lowest BCUT2D eigenvalue weighted by atomic mass is 9.88. The quantitative estimate of drug-likeness (QED) is 0.711. The molecule has 0 aromatic rings. The number of hydrogen-bond acceptors (Lipinski definition) is 3. The normalized spacial score (nSPS) is 22.4. The van der Waals surface area contributed by atoms with E-state index in [2.05, 4.69) is 25.9 Å². The molecule has 1 atom stereocenters. The van der Waals surface area contributed by atoms with E-state index in [1.807, 2.05) is 0 Å². The lowest BCUT2D eigenvalue weighted by Gasteiger charge is -2.16. The molecule has 0 aliphatic carbocycles. The van der Waals surface area contributed by atoms with Crippen LogP contribution in [0.15, 0.2) is 5.16 Å². The molecule has 0 aromatic heterocycles. The minimum atomic E-state index is -0.937. The maximum absolute atomic E-state index is 10.5. The van der Waals surface area contributed by atoms with E-state index < -0.39 is 12.1 Å². The van der Waals surface area contributed by atoms with Gasteiger partial charge in [-0.1, -0.05) is 25.9 Å².